The minimum atomic E-state index is -4.81. The van der Waals surface area contributed by atoms with Gasteiger partial charge in [-0.1, -0.05) is 0 Å². The molecule has 0 amide bonds. The standard InChI is InChI=1S/C12H8N4O6S2/c13-15-7-1-3-9(11(5-7)23(17,18)19)10-4-2-8(16-14)6-12(10)24(20,21)22/h1-6H,(H,17,18,19)(H,20,21,22)/b10-9+. The van der Waals surface area contributed by atoms with Crippen LogP contribution in [0.4, 0.5) is 0 Å². The molecule has 0 bridgehead atoms. The molecule has 0 unspecified atom stereocenters. The molecule has 2 aliphatic carbocycles. The molecule has 2 N–H and O–H groups in total. The fraction of sp³-hybridized carbons (Fsp3) is 0. The molecule has 0 saturated heterocycles. The first-order chi connectivity index (χ1) is 11.1. The molecule has 0 aliphatic heterocycles. The molecule has 0 heterocycles. The van der Waals surface area contributed by atoms with Gasteiger partial charge in [-0.15, -0.1) is 0 Å². The molecule has 2 rings (SSSR count). The average molecular weight is 368 g/mol. The fourth-order valence-electron chi connectivity index (χ4n) is 2.02. The lowest BCUT2D eigenvalue weighted by Crippen LogP contribution is -2.16. The van der Waals surface area contributed by atoms with Crippen molar-refractivity contribution in [1.29, 1.82) is 0 Å². The summed E-state index contributed by atoms with van der Waals surface area (Å²) in [6, 6.07) is 0. The van der Waals surface area contributed by atoms with Gasteiger partial charge in [0.2, 0.25) is 0 Å². The zero-order valence-corrected chi connectivity index (χ0v) is 13.2. The van der Waals surface area contributed by atoms with Gasteiger partial charge in [-0.25, -0.2) is 0 Å². The predicted octanol–water partition coefficient (Wildman–Crippen LogP) is 0.308. The van der Waals surface area contributed by atoms with E-state index in [1.807, 2.05) is 0 Å². The lowest BCUT2D eigenvalue weighted by Gasteiger charge is -2.15. The van der Waals surface area contributed by atoms with E-state index in [0.29, 0.717) is 0 Å². The summed E-state index contributed by atoms with van der Waals surface area (Å²) in [5.74, 6) is 0. The summed E-state index contributed by atoms with van der Waals surface area (Å²) in [4.78, 5) is 4.09. The van der Waals surface area contributed by atoms with E-state index in [-0.39, 0.29) is 22.6 Å². The Labute approximate surface area is 136 Å². The maximum atomic E-state index is 11.5. The smallest absolute Gasteiger partial charge is 0.316 e. The van der Waals surface area contributed by atoms with Crippen LogP contribution in [-0.2, 0) is 20.2 Å². The normalized spacial score (nSPS) is 21.1. The van der Waals surface area contributed by atoms with Crippen molar-refractivity contribution in [2.75, 3.05) is 0 Å². The number of nitrogens with zero attached hydrogens (tertiary/aromatic N) is 4. The molecular formula is C12H8N4O6S2. The Kier molecular flexibility index (Phi) is 4.45. The molecular weight excluding hydrogens is 360 g/mol. The van der Waals surface area contributed by atoms with Crippen molar-refractivity contribution in [1.82, 2.24) is 0 Å². The fourth-order valence-corrected chi connectivity index (χ4v) is 3.47. The third kappa shape index (κ3) is 3.44. The Bertz CT molecular complexity index is 1000. The maximum absolute atomic E-state index is 11.5. The van der Waals surface area contributed by atoms with Crippen LogP contribution >= 0.6 is 0 Å². The topological polar surface area (TPSA) is 182 Å². The van der Waals surface area contributed by atoms with Gasteiger partial charge in [0, 0.05) is 35.5 Å². The van der Waals surface area contributed by atoms with E-state index in [9.17, 15) is 25.9 Å². The number of allylic oxidation sites excluding steroid dienone is 8. The lowest BCUT2D eigenvalue weighted by molar-refractivity contribution is -0.00208. The number of hydrogen-bond donors (Lipinski definition) is 2. The van der Waals surface area contributed by atoms with E-state index >= 15 is 0 Å². The summed E-state index contributed by atoms with van der Waals surface area (Å²) in [7, 11) is -9.63. The SMILES string of the molecule is [N-]=[N+]=C1C=C/C(=C2/C=CC(=[N+]=[N-])C=C2S(=O)(=O)O)C(S(=O)(=O)O)=C1. The lowest BCUT2D eigenvalue weighted by atomic mass is 9.98. The summed E-state index contributed by atoms with van der Waals surface area (Å²) >= 11 is 0. The molecule has 0 radical (unpaired) electrons. The first-order valence-corrected chi connectivity index (χ1v) is 8.89. The van der Waals surface area contributed by atoms with Crippen molar-refractivity contribution < 1.29 is 35.5 Å². The van der Waals surface area contributed by atoms with E-state index in [1.165, 1.54) is 0 Å². The molecule has 2 aliphatic rings. The van der Waals surface area contributed by atoms with Crippen LogP contribution in [0.15, 0.2) is 57.4 Å². The molecule has 0 aromatic rings. The first-order valence-electron chi connectivity index (χ1n) is 6.01. The van der Waals surface area contributed by atoms with Gasteiger partial charge in [-0.3, -0.25) is 9.11 Å². The molecule has 0 atom stereocenters. The van der Waals surface area contributed by atoms with Crippen LogP contribution in [0.1, 0.15) is 0 Å². The van der Waals surface area contributed by atoms with Crippen molar-refractivity contribution in [2.24, 2.45) is 0 Å². The summed E-state index contributed by atoms with van der Waals surface area (Å²) < 4.78 is 64.8. The highest BCUT2D eigenvalue weighted by Crippen LogP contribution is 2.32. The molecule has 12 heteroatoms. The molecule has 0 fully saturated rings. The Morgan fingerprint density at radius 1 is 0.708 bits per heavy atom. The van der Waals surface area contributed by atoms with Gasteiger partial charge in [0.05, 0.1) is 0 Å². The van der Waals surface area contributed by atoms with Crippen LogP contribution < -0.4 is 0 Å². The monoisotopic (exact) mass is 368 g/mol. The second kappa shape index (κ2) is 6.06. The van der Waals surface area contributed by atoms with Gasteiger partial charge >= 0.3 is 11.4 Å². The zero-order chi connectivity index (χ0) is 18.1. The minimum absolute atomic E-state index is 0.207. The van der Waals surface area contributed by atoms with Crippen molar-refractivity contribution in [3.63, 3.8) is 0 Å². The minimum Gasteiger partial charge on any atom is -0.361 e. The van der Waals surface area contributed by atoms with Gasteiger partial charge in [0.25, 0.3) is 20.2 Å². The van der Waals surface area contributed by atoms with Crippen molar-refractivity contribution in [2.45, 2.75) is 0 Å². The van der Waals surface area contributed by atoms with Crippen molar-refractivity contribution >= 4 is 31.7 Å². The van der Waals surface area contributed by atoms with Crippen molar-refractivity contribution in [3.8, 4) is 0 Å². The quantitative estimate of drug-likeness (QED) is 0.401. The summed E-state index contributed by atoms with van der Waals surface area (Å²) in [6.45, 7) is 0. The third-order valence-electron chi connectivity index (χ3n) is 3.01. The van der Waals surface area contributed by atoms with Gasteiger partial charge < -0.3 is 11.1 Å². The first kappa shape index (κ1) is 17.6. The molecule has 24 heavy (non-hydrogen) atoms. The second-order valence-corrected chi connectivity index (χ2v) is 7.29. The molecule has 0 saturated carbocycles. The summed E-state index contributed by atoms with van der Waals surface area (Å²) in [6.07, 6.45) is 6.09. The van der Waals surface area contributed by atoms with Crippen molar-refractivity contribution in [3.05, 3.63) is 68.5 Å². The Morgan fingerprint density at radius 3 is 1.29 bits per heavy atom. The molecule has 0 spiro atoms. The highest BCUT2D eigenvalue weighted by Gasteiger charge is 2.31. The van der Waals surface area contributed by atoms with Crippen LogP contribution in [0, 0.1) is 0 Å². The Hall–Kier alpha value is -2.72. The van der Waals surface area contributed by atoms with E-state index in [1.54, 1.807) is 0 Å². The molecule has 0 aromatic heterocycles. The van der Waals surface area contributed by atoms with Gasteiger partial charge in [-0.2, -0.15) is 26.4 Å². The van der Waals surface area contributed by atoms with Crippen LogP contribution in [0.2, 0.25) is 0 Å². The second-order valence-electron chi connectivity index (χ2n) is 4.51. The maximum Gasteiger partial charge on any atom is 0.316 e. The van der Waals surface area contributed by atoms with E-state index in [4.69, 9.17) is 11.1 Å². The summed E-state index contributed by atoms with van der Waals surface area (Å²) in [5, 5.41) is 0. The van der Waals surface area contributed by atoms with Crippen LogP contribution in [0.25, 0.3) is 11.1 Å². The van der Waals surface area contributed by atoms with E-state index in [2.05, 4.69) is 9.58 Å². The average Bonchev–Trinajstić information content (AvgIpc) is 2.52. The van der Waals surface area contributed by atoms with Crippen LogP contribution in [-0.4, -0.2) is 46.9 Å². The predicted molar refractivity (Wildman–Crippen MR) is 81.8 cm³/mol. The number of rotatable bonds is 2. The Morgan fingerprint density at radius 2 is 1.04 bits per heavy atom. The van der Waals surface area contributed by atoms with E-state index in [0.717, 1.165) is 36.5 Å². The zero-order valence-electron chi connectivity index (χ0n) is 11.6. The van der Waals surface area contributed by atoms with Gasteiger partial charge in [0.15, 0.2) is 0 Å². The van der Waals surface area contributed by atoms with Gasteiger partial charge in [0.1, 0.15) is 9.81 Å². The van der Waals surface area contributed by atoms with Gasteiger partial charge in [-0.05, 0) is 12.2 Å². The Balaban J connectivity index is 2.88. The highest BCUT2D eigenvalue weighted by atomic mass is 32.2. The van der Waals surface area contributed by atoms with Crippen LogP contribution in [0.3, 0.4) is 0 Å². The highest BCUT2D eigenvalue weighted by molar-refractivity contribution is 7.90. The molecule has 0 aromatic carbocycles. The van der Waals surface area contributed by atoms with Crippen LogP contribution in [0.5, 0.6) is 0 Å². The molecule has 124 valence electrons. The number of hydrogen-bond acceptors (Lipinski definition) is 4. The van der Waals surface area contributed by atoms with E-state index < -0.39 is 30.0 Å². The third-order valence-corrected chi connectivity index (χ3v) is 4.79. The summed E-state index contributed by atoms with van der Waals surface area (Å²) in [5.41, 5.74) is 16.5. The largest absolute Gasteiger partial charge is 0.361 e. The molecule has 10 nitrogen and oxygen atoms in total.